The largest absolute Gasteiger partial charge is 0.300 e. The summed E-state index contributed by atoms with van der Waals surface area (Å²) < 4.78 is 0. The van der Waals surface area contributed by atoms with Crippen molar-refractivity contribution in [3.05, 3.63) is 103 Å². The van der Waals surface area contributed by atoms with Crippen LogP contribution < -0.4 is 15.9 Å². The summed E-state index contributed by atoms with van der Waals surface area (Å²) in [4.78, 5) is 11.6. The van der Waals surface area contributed by atoms with Crippen LogP contribution in [-0.4, -0.2) is 11.6 Å². The summed E-state index contributed by atoms with van der Waals surface area (Å²) in [6.45, 7) is 3.93. The lowest BCUT2D eigenvalue weighted by atomic mass is 9.87. The number of carbonyl (C=O) groups is 1. The van der Waals surface area contributed by atoms with Crippen LogP contribution in [0, 0.1) is 5.41 Å². The van der Waals surface area contributed by atoms with Crippen molar-refractivity contribution < 1.29 is 4.79 Å². The second-order valence-electron chi connectivity index (χ2n) is 8.10. The van der Waals surface area contributed by atoms with Crippen molar-refractivity contribution in [2.75, 3.05) is 0 Å². The van der Waals surface area contributed by atoms with E-state index in [0.29, 0.717) is 6.42 Å². The third-order valence-corrected chi connectivity index (χ3v) is 9.01. The summed E-state index contributed by atoms with van der Waals surface area (Å²) in [6, 6.07) is 32.3. The highest BCUT2D eigenvalue weighted by Crippen LogP contribution is 2.43. The fourth-order valence-corrected chi connectivity index (χ4v) is 7.51. The Bertz CT molecular complexity index is 912. The quantitative estimate of drug-likeness (QED) is 0.489. The highest BCUT2D eigenvalue weighted by atomic mass is 31.2. The smallest absolute Gasteiger partial charge is 0.130 e. The van der Waals surface area contributed by atoms with Crippen LogP contribution in [0.5, 0.6) is 0 Å². The Morgan fingerprint density at radius 2 is 1.14 bits per heavy atom. The number of rotatable bonds is 7. The fourth-order valence-electron chi connectivity index (χ4n) is 3.83. The van der Waals surface area contributed by atoms with Gasteiger partial charge in [0.25, 0.3) is 0 Å². The van der Waals surface area contributed by atoms with Gasteiger partial charge in [-0.3, -0.25) is 4.79 Å². The van der Waals surface area contributed by atoms with Crippen molar-refractivity contribution in [3.8, 4) is 0 Å². The zero-order valence-electron chi connectivity index (χ0n) is 17.5. The molecule has 0 aliphatic heterocycles. The summed E-state index contributed by atoms with van der Waals surface area (Å²) in [5, 5.41) is 3.98. The third kappa shape index (κ3) is 5.05. The van der Waals surface area contributed by atoms with Crippen LogP contribution in [0.25, 0.3) is 0 Å². The summed E-state index contributed by atoms with van der Waals surface area (Å²) in [7, 11) is 0. The van der Waals surface area contributed by atoms with Gasteiger partial charge in [-0.15, -0.1) is 0 Å². The summed E-state index contributed by atoms with van der Waals surface area (Å²) in [5.41, 5.74) is -0.165. The lowest BCUT2D eigenvalue weighted by Crippen LogP contribution is -2.26. The van der Waals surface area contributed by atoms with E-state index in [1.165, 1.54) is 15.9 Å². The van der Waals surface area contributed by atoms with Gasteiger partial charge in [-0.25, -0.2) is 0 Å². The van der Waals surface area contributed by atoms with Gasteiger partial charge in [0.2, 0.25) is 0 Å². The zero-order chi connectivity index (χ0) is 20.7. The van der Waals surface area contributed by atoms with E-state index in [1.54, 1.807) is 6.92 Å². The van der Waals surface area contributed by atoms with E-state index in [0.717, 1.165) is 0 Å². The lowest BCUT2D eigenvalue weighted by molar-refractivity contribution is -0.118. The van der Waals surface area contributed by atoms with Gasteiger partial charge in [0.15, 0.2) is 0 Å². The molecule has 3 aromatic rings. The Labute approximate surface area is 175 Å². The van der Waals surface area contributed by atoms with Crippen molar-refractivity contribution in [1.82, 2.24) is 0 Å². The van der Waals surface area contributed by atoms with Crippen LogP contribution in [0.2, 0.25) is 0 Å². The molecule has 2 heteroatoms. The molecule has 0 amide bonds. The molecule has 0 fully saturated rings. The molecule has 29 heavy (non-hydrogen) atoms. The first kappa shape index (κ1) is 21.1. The molecular formula is C27H29OP. The van der Waals surface area contributed by atoms with Gasteiger partial charge in [-0.1, -0.05) is 123 Å². The maximum absolute atomic E-state index is 11.6. The van der Waals surface area contributed by atoms with E-state index in [2.05, 4.69) is 123 Å². The molecule has 0 heterocycles. The first-order chi connectivity index (χ1) is 13.9. The summed E-state index contributed by atoms with van der Waals surface area (Å²) >= 11 is 0. The van der Waals surface area contributed by atoms with Crippen LogP contribution in [-0.2, 0) is 4.79 Å². The van der Waals surface area contributed by atoms with Crippen molar-refractivity contribution >= 4 is 34.4 Å². The molecule has 0 saturated heterocycles. The molecule has 0 N–H and O–H groups in total. The second kappa shape index (κ2) is 9.25. The van der Waals surface area contributed by atoms with Crippen molar-refractivity contribution in [2.24, 2.45) is 5.41 Å². The van der Waals surface area contributed by atoms with Crippen molar-refractivity contribution in [2.45, 2.75) is 27.2 Å². The maximum atomic E-state index is 11.6. The van der Waals surface area contributed by atoms with Gasteiger partial charge in [0.1, 0.15) is 5.78 Å². The summed E-state index contributed by atoms with van der Waals surface area (Å²) in [6.07, 6.45) is 4.91. The standard InChI is InChI=1S/C27H29OP/c1-23(28)22-27(2,3)20-13-21-29(24-14-7-4-8-15-24,25-16-9-5-10-17-25)26-18-11-6-12-19-26/h4-21H,22H2,1-3H3/b20-13+. The molecule has 0 aliphatic carbocycles. The van der Waals surface area contributed by atoms with E-state index in [1.807, 2.05) is 0 Å². The van der Waals surface area contributed by atoms with Gasteiger partial charge in [-0.05, 0) is 35.1 Å². The number of hydrogen-bond acceptors (Lipinski definition) is 1. The van der Waals surface area contributed by atoms with Gasteiger partial charge < -0.3 is 0 Å². The molecule has 0 bridgehead atoms. The molecule has 0 atom stereocenters. The third-order valence-electron chi connectivity index (χ3n) is 5.05. The molecule has 3 rings (SSSR count). The Morgan fingerprint density at radius 1 is 0.759 bits per heavy atom. The minimum Gasteiger partial charge on any atom is -0.300 e. The van der Waals surface area contributed by atoms with Crippen molar-refractivity contribution in [3.63, 3.8) is 0 Å². The second-order valence-corrected chi connectivity index (χ2v) is 11.4. The molecule has 0 aromatic heterocycles. The van der Waals surface area contributed by atoms with Gasteiger partial charge in [0.05, 0.1) is 0 Å². The fraction of sp³-hybridized carbons (Fsp3) is 0.185. The van der Waals surface area contributed by atoms with E-state index >= 15 is 0 Å². The minimum atomic E-state index is -1.97. The number of ketones is 1. The molecule has 0 spiro atoms. The SMILES string of the molecule is CC(=O)CC(C)(C)/C=C/C=P(c1ccccc1)(c1ccccc1)c1ccccc1. The first-order valence-corrected chi connectivity index (χ1v) is 11.9. The normalized spacial score (nSPS) is 12.1. The minimum absolute atomic E-state index is 0.165. The van der Waals surface area contributed by atoms with E-state index in [-0.39, 0.29) is 11.2 Å². The molecule has 148 valence electrons. The van der Waals surface area contributed by atoms with Crippen molar-refractivity contribution in [1.29, 1.82) is 0 Å². The molecule has 0 saturated carbocycles. The van der Waals surface area contributed by atoms with Gasteiger partial charge in [-0.2, -0.15) is 0 Å². The Kier molecular flexibility index (Phi) is 6.72. The van der Waals surface area contributed by atoms with E-state index < -0.39 is 6.89 Å². The Hall–Kier alpha value is -2.63. The zero-order valence-corrected chi connectivity index (χ0v) is 18.3. The molecule has 0 radical (unpaired) electrons. The van der Waals surface area contributed by atoms with Crippen LogP contribution in [0.15, 0.2) is 103 Å². The molecule has 1 nitrogen and oxygen atoms in total. The maximum Gasteiger partial charge on any atom is 0.130 e. The highest BCUT2D eigenvalue weighted by molar-refractivity contribution is 7.94. The number of carbonyl (C=O) groups excluding carboxylic acids is 1. The number of hydrogen-bond donors (Lipinski definition) is 0. The van der Waals surface area contributed by atoms with Crippen LogP contribution in [0.1, 0.15) is 27.2 Å². The lowest BCUT2D eigenvalue weighted by Gasteiger charge is -2.28. The van der Waals surface area contributed by atoms with E-state index in [4.69, 9.17) is 0 Å². The van der Waals surface area contributed by atoms with Crippen LogP contribution in [0.4, 0.5) is 0 Å². The average molecular weight is 401 g/mol. The predicted molar refractivity (Wildman–Crippen MR) is 129 cm³/mol. The molecular weight excluding hydrogens is 371 g/mol. The number of Topliss-reactive ketones (excluding diaryl/α,β-unsaturated/α-hetero) is 1. The monoisotopic (exact) mass is 400 g/mol. The number of allylic oxidation sites excluding steroid dienone is 2. The highest BCUT2D eigenvalue weighted by Gasteiger charge is 2.24. The first-order valence-electron chi connectivity index (χ1n) is 10.0. The molecule has 3 aromatic carbocycles. The van der Waals surface area contributed by atoms with Crippen LogP contribution >= 0.6 is 6.89 Å². The predicted octanol–water partition coefficient (Wildman–Crippen LogP) is 5.34. The van der Waals surface area contributed by atoms with Gasteiger partial charge >= 0.3 is 0 Å². The molecule has 0 aliphatic rings. The van der Waals surface area contributed by atoms with Gasteiger partial charge in [0, 0.05) is 6.42 Å². The average Bonchev–Trinajstić information content (AvgIpc) is 2.72. The summed E-state index contributed by atoms with van der Waals surface area (Å²) in [5.74, 6) is 2.60. The Morgan fingerprint density at radius 3 is 1.48 bits per heavy atom. The topological polar surface area (TPSA) is 17.1 Å². The van der Waals surface area contributed by atoms with Crippen LogP contribution in [0.3, 0.4) is 0 Å². The number of benzene rings is 3. The molecule has 0 unspecified atom stereocenters. The Balaban J connectivity index is 2.27. The van der Waals surface area contributed by atoms with E-state index in [9.17, 15) is 4.79 Å².